The lowest BCUT2D eigenvalue weighted by molar-refractivity contribution is -0.123. The molecule has 1 aromatic carbocycles. The minimum atomic E-state index is 0. The lowest BCUT2D eigenvalue weighted by Crippen LogP contribution is -2.41. The summed E-state index contributed by atoms with van der Waals surface area (Å²) in [6.07, 6.45) is 4.20. The standard InChI is InChI=1S/C14H18N2O.ClH/c17-14(13-6-3-9-15-13)16-12-8-7-10-4-1-2-5-11(10)12;/h1-2,4-5,12-13,15H,3,6-9H2,(H,16,17);1H. The van der Waals surface area contributed by atoms with Gasteiger partial charge in [0.2, 0.25) is 5.91 Å². The molecular weight excluding hydrogens is 248 g/mol. The maximum Gasteiger partial charge on any atom is 0.237 e. The van der Waals surface area contributed by atoms with Crippen LogP contribution in [0, 0.1) is 0 Å². The second-order valence-electron chi connectivity index (χ2n) is 4.95. The van der Waals surface area contributed by atoms with Crippen molar-refractivity contribution in [3.05, 3.63) is 35.4 Å². The minimum absolute atomic E-state index is 0. The van der Waals surface area contributed by atoms with E-state index in [1.807, 2.05) is 0 Å². The number of fused-ring (bicyclic) bond motifs is 1. The first-order valence-electron chi connectivity index (χ1n) is 6.46. The van der Waals surface area contributed by atoms with Crippen molar-refractivity contribution in [3.8, 4) is 0 Å². The Morgan fingerprint density at radius 3 is 2.89 bits per heavy atom. The third-order valence-electron chi connectivity index (χ3n) is 3.83. The summed E-state index contributed by atoms with van der Waals surface area (Å²) in [5.41, 5.74) is 2.69. The van der Waals surface area contributed by atoms with E-state index in [4.69, 9.17) is 0 Å². The number of nitrogens with one attached hydrogen (secondary N) is 2. The molecule has 0 saturated carbocycles. The van der Waals surface area contributed by atoms with E-state index in [0.29, 0.717) is 0 Å². The topological polar surface area (TPSA) is 41.1 Å². The van der Waals surface area contributed by atoms with Crippen molar-refractivity contribution in [2.75, 3.05) is 6.54 Å². The molecule has 0 radical (unpaired) electrons. The van der Waals surface area contributed by atoms with Crippen molar-refractivity contribution in [2.45, 2.75) is 37.8 Å². The Balaban J connectivity index is 0.00000120. The van der Waals surface area contributed by atoms with Crippen LogP contribution in [0.2, 0.25) is 0 Å². The van der Waals surface area contributed by atoms with Gasteiger partial charge in [0.1, 0.15) is 0 Å². The molecule has 1 amide bonds. The molecule has 18 heavy (non-hydrogen) atoms. The SMILES string of the molecule is Cl.O=C(NC1CCc2ccccc21)C1CCCN1. The van der Waals surface area contributed by atoms with Gasteiger partial charge in [-0.2, -0.15) is 0 Å². The van der Waals surface area contributed by atoms with Crippen molar-refractivity contribution in [1.29, 1.82) is 0 Å². The second-order valence-corrected chi connectivity index (χ2v) is 4.95. The van der Waals surface area contributed by atoms with Crippen LogP contribution in [0.1, 0.15) is 36.4 Å². The van der Waals surface area contributed by atoms with Gasteiger partial charge in [-0.3, -0.25) is 4.79 Å². The predicted molar refractivity (Wildman–Crippen MR) is 73.9 cm³/mol. The largest absolute Gasteiger partial charge is 0.348 e. The smallest absolute Gasteiger partial charge is 0.237 e. The third-order valence-corrected chi connectivity index (χ3v) is 3.83. The first-order chi connectivity index (χ1) is 8.34. The van der Waals surface area contributed by atoms with Crippen molar-refractivity contribution in [3.63, 3.8) is 0 Å². The zero-order valence-electron chi connectivity index (χ0n) is 10.3. The van der Waals surface area contributed by atoms with Crippen LogP contribution in [-0.2, 0) is 11.2 Å². The molecule has 4 heteroatoms. The predicted octanol–water partition coefficient (Wildman–Crippen LogP) is 1.96. The highest BCUT2D eigenvalue weighted by Crippen LogP contribution is 2.30. The van der Waals surface area contributed by atoms with Gasteiger partial charge in [-0.25, -0.2) is 0 Å². The van der Waals surface area contributed by atoms with Gasteiger partial charge in [0.15, 0.2) is 0 Å². The van der Waals surface area contributed by atoms with Crippen molar-refractivity contribution >= 4 is 18.3 Å². The number of amides is 1. The Morgan fingerprint density at radius 2 is 2.11 bits per heavy atom. The monoisotopic (exact) mass is 266 g/mol. The molecule has 0 bridgehead atoms. The number of rotatable bonds is 2. The highest BCUT2D eigenvalue weighted by Gasteiger charge is 2.27. The second kappa shape index (κ2) is 5.72. The average Bonchev–Trinajstić information content (AvgIpc) is 2.98. The highest BCUT2D eigenvalue weighted by atomic mass is 35.5. The summed E-state index contributed by atoms with van der Waals surface area (Å²) in [7, 11) is 0. The summed E-state index contributed by atoms with van der Waals surface area (Å²) in [5, 5.41) is 6.42. The maximum absolute atomic E-state index is 12.0. The fourth-order valence-corrected chi connectivity index (χ4v) is 2.89. The van der Waals surface area contributed by atoms with E-state index in [-0.39, 0.29) is 30.4 Å². The van der Waals surface area contributed by atoms with Crippen LogP contribution < -0.4 is 10.6 Å². The quantitative estimate of drug-likeness (QED) is 0.859. The van der Waals surface area contributed by atoms with Crippen LogP contribution >= 0.6 is 12.4 Å². The number of halogens is 1. The normalized spacial score (nSPS) is 25.3. The number of hydrogen-bond acceptors (Lipinski definition) is 2. The Bertz CT molecular complexity index is 430. The summed E-state index contributed by atoms with van der Waals surface area (Å²) < 4.78 is 0. The molecule has 1 aliphatic heterocycles. The van der Waals surface area contributed by atoms with E-state index in [0.717, 1.165) is 32.2 Å². The van der Waals surface area contributed by atoms with Crippen LogP contribution in [0.25, 0.3) is 0 Å². The Hall–Kier alpha value is -1.06. The summed E-state index contributed by atoms with van der Waals surface area (Å²) in [6.45, 7) is 0.972. The fraction of sp³-hybridized carbons (Fsp3) is 0.500. The molecule has 1 aliphatic carbocycles. The Morgan fingerprint density at radius 1 is 1.28 bits per heavy atom. The number of carbonyl (C=O) groups is 1. The van der Waals surface area contributed by atoms with Crippen molar-refractivity contribution in [2.24, 2.45) is 0 Å². The van der Waals surface area contributed by atoms with Gasteiger partial charge in [0.25, 0.3) is 0 Å². The van der Waals surface area contributed by atoms with Gasteiger partial charge < -0.3 is 10.6 Å². The van der Waals surface area contributed by atoms with Gasteiger partial charge >= 0.3 is 0 Å². The van der Waals surface area contributed by atoms with Gasteiger partial charge in [-0.05, 0) is 43.4 Å². The van der Waals surface area contributed by atoms with Gasteiger partial charge in [0, 0.05) is 0 Å². The molecule has 2 unspecified atom stereocenters. The molecule has 2 aliphatic rings. The van der Waals surface area contributed by atoms with E-state index in [9.17, 15) is 4.79 Å². The molecule has 3 nitrogen and oxygen atoms in total. The fourth-order valence-electron chi connectivity index (χ4n) is 2.89. The van der Waals surface area contributed by atoms with Gasteiger partial charge in [-0.1, -0.05) is 24.3 Å². The molecule has 1 fully saturated rings. The molecule has 1 saturated heterocycles. The number of benzene rings is 1. The first kappa shape index (κ1) is 13.4. The first-order valence-corrected chi connectivity index (χ1v) is 6.46. The number of carbonyl (C=O) groups excluding carboxylic acids is 1. The van der Waals surface area contributed by atoms with E-state index >= 15 is 0 Å². The van der Waals surface area contributed by atoms with Crippen molar-refractivity contribution < 1.29 is 4.79 Å². The van der Waals surface area contributed by atoms with E-state index in [2.05, 4.69) is 34.9 Å². The molecule has 1 heterocycles. The molecule has 0 spiro atoms. The Labute approximate surface area is 114 Å². The molecule has 98 valence electrons. The van der Waals surface area contributed by atoms with Crippen LogP contribution in [0.4, 0.5) is 0 Å². The van der Waals surface area contributed by atoms with Crippen LogP contribution in [0.5, 0.6) is 0 Å². The summed E-state index contributed by atoms with van der Waals surface area (Å²) >= 11 is 0. The van der Waals surface area contributed by atoms with E-state index < -0.39 is 0 Å². The zero-order chi connectivity index (χ0) is 11.7. The molecule has 2 N–H and O–H groups in total. The van der Waals surface area contributed by atoms with Crippen molar-refractivity contribution in [1.82, 2.24) is 10.6 Å². The van der Waals surface area contributed by atoms with Gasteiger partial charge in [-0.15, -0.1) is 12.4 Å². The Kier molecular flexibility index (Phi) is 4.25. The summed E-state index contributed by atoms with van der Waals surface area (Å²) in [5.74, 6) is 0.171. The van der Waals surface area contributed by atoms with Crippen LogP contribution in [-0.4, -0.2) is 18.5 Å². The summed E-state index contributed by atoms with van der Waals surface area (Å²) in [6, 6.07) is 8.67. The van der Waals surface area contributed by atoms with E-state index in [1.54, 1.807) is 0 Å². The molecule has 0 aromatic heterocycles. The lowest BCUT2D eigenvalue weighted by Gasteiger charge is -2.17. The summed E-state index contributed by atoms with van der Waals surface area (Å²) in [4.78, 5) is 12.0. The van der Waals surface area contributed by atoms with Crippen LogP contribution in [0.15, 0.2) is 24.3 Å². The highest BCUT2D eigenvalue weighted by molar-refractivity contribution is 5.85. The third kappa shape index (κ3) is 2.52. The number of aryl methyl sites for hydroxylation is 1. The lowest BCUT2D eigenvalue weighted by atomic mass is 10.1. The number of hydrogen-bond donors (Lipinski definition) is 2. The molecular formula is C14H19ClN2O. The molecule has 1 aromatic rings. The zero-order valence-corrected chi connectivity index (χ0v) is 11.1. The van der Waals surface area contributed by atoms with Gasteiger partial charge in [0.05, 0.1) is 12.1 Å². The minimum Gasteiger partial charge on any atom is -0.348 e. The van der Waals surface area contributed by atoms with Crippen LogP contribution in [0.3, 0.4) is 0 Å². The maximum atomic E-state index is 12.0. The average molecular weight is 267 g/mol. The molecule has 2 atom stereocenters. The van der Waals surface area contributed by atoms with E-state index in [1.165, 1.54) is 11.1 Å². The molecule has 3 rings (SSSR count).